The van der Waals surface area contributed by atoms with Crippen LogP contribution < -0.4 is 10.6 Å². The standard InChI is InChI=1S/C12H14N6O/c19-12(9-5-6-13-7-9)15-10-1-3-11(4-2-10)18-8-14-16-17-18/h1-4,8-9,13H,5-7H2,(H,15,19). The van der Waals surface area contributed by atoms with Gasteiger partial charge in [0.1, 0.15) is 6.33 Å². The Hall–Kier alpha value is -2.28. The molecule has 2 heterocycles. The second-order valence-corrected chi connectivity index (χ2v) is 4.48. The fourth-order valence-electron chi connectivity index (χ4n) is 2.10. The average molecular weight is 258 g/mol. The summed E-state index contributed by atoms with van der Waals surface area (Å²) in [5.41, 5.74) is 1.64. The van der Waals surface area contributed by atoms with Crippen molar-refractivity contribution in [3.63, 3.8) is 0 Å². The zero-order valence-electron chi connectivity index (χ0n) is 10.3. The third-order valence-corrected chi connectivity index (χ3v) is 3.18. The van der Waals surface area contributed by atoms with Gasteiger partial charge < -0.3 is 10.6 Å². The van der Waals surface area contributed by atoms with Gasteiger partial charge in [-0.2, -0.15) is 0 Å². The van der Waals surface area contributed by atoms with E-state index in [1.54, 1.807) is 4.68 Å². The molecule has 2 aromatic rings. The molecule has 1 unspecified atom stereocenters. The molecule has 0 aliphatic carbocycles. The lowest BCUT2D eigenvalue weighted by Crippen LogP contribution is -2.24. The smallest absolute Gasteiger partial charge is 0.228 e. The summed E-state index contributed by atoms with van der Waals surface area (Å²) in [5.74, 6) is 0.138. The van der Waals surface area contributed by atoms with Crippen molar-refractivity contribution in [3.8, 4) is 5.69 Å². The van der Waals surface area contributed by atoms with Crippen molar-refractivity contribution in [2.24, 2.45) is 5.92 Å². The van der Waals surface area contributed by atoms with E-state index in [1.165, 1.54) is 6.33 Å². The molecule has 7 nitrogen and oxygen atoms in total. The number of tetrazole rings is 1. The van der Waals surface area contributed by atoms with Crippen LogP contribution in [0.2, 0.25) is 0 Å². The lowest BCUT2D eigenvalue weighted by molar-refractivity contribution is -0.119. The highest BCUT2D eigenvalue weighted by Gasteiger charge is 2.22. The minimum absolute atomic E-state index is 0.0687. The molecular formula is C12H14N6O. The molecule has 1 saturated heterocycles. The molecule has 3 rings (SSSR count). The molecule has 1 aliphatic rings. The topological polar surface area (TPSA) is 84.7 Å². The lowest BCUT2D eigenvalue weighted by Gasteiger charge is -2.10. The Labute approximate surface area is 110 Å². The number of carbonyl (C=O) groups is 1. The maximum Gasteiger partial charge on any atom is 0.228 e. The predicted molar refractivity (Wildman–Crippen MR) is 68.8 cm³/mol. The van der Waals surface area contributed by atoms with Gasteiger partial charge in [0.25, 0.3) is 0 Å². The summed E-state index contributed by atoms with van der Waals surface area (Å²) in [7, 11) is 0. The Bertz CT molecular complexity index is 544. The zero-order valence-corrected chi connectivity index (χ0v) is 10.3. The number of benzene rings is 1. The summed E-state index contributed by atoms with van der Waals surface area (Å²) in [6, 6.07) is 7.41. The van der Waals surface area contributed by atoms with Crippen LogP contribution in [-0.2, 0) is 4.79 Å². The number of nitrogens with one attached hydrogen (secondary N) is 2. The Morgan fingerprint density at radius 1 is 1.37 bits per heavy atom. The average Bonchev–Trinajstić information content (AvgIpc) is 3.13. The molecule has 1 aromatic carbocycles. The number of hydrogen-bond acceptors (Lipinski definition) is 5. The SMILES string of the molecule is O=C(Nc1ccc(-n2cnnn2)cc1)C1CCNC1. The van der Waals surface area contributed by atoms with Gasteiger partial charge in [-0.05, 0) is 47.7 Å². The lowest BCUT2D eigenvalue weighted by atomic mass is 10.1. The van der Waals surface area contributed by atoms with E-state index in [2.05, 4.69) is 26.2 Å². The van der Waals surface area contributed by atoms with Gasteiger partial charge in [0, 0.05) is 12.2 Å². The molecular weight excluding hydrogens is 244 g/mol. The molecule has 0 radical (unpaired) electrons. The Morgan fingerprint density at radius 2 is 2.21 bits per heavy atom. The molecule has 1 atom stereocenters. The zero-order chi connectivity index (χ0) is 13.1. The minimum atomic E-state index is 0.0687. The first-order valence-corrected chi connectivity index (χ1v) is 6.18. The van der Waals surface area contributed by atoms with Gasteiger partial charge >= 0.3 is 0 Å². The van der Waals surface area contributed by atoms with Crippen molar-refractivity contribution in [2.75, 3.05) is 18.4 Å². The van der Waals surface area contributed by atoms with Crippen LogP contribution in [-0.4, -0.2) is 39.2 Å². The second-order valence-electron chi connectivity index (χ2n) is 4.48. The molecule has 19 heavy (non-hydrogen) atoms. The first-order valence-electron chi connectivity index (χ1n) is 6.18. The van der Waals surface area contributed by atoms with E-state index in [0.717, 1.165) is 30.9 Å². The van der Waals surface area contributed by atoms with E-state index in [4.69, 9.17) is 0 Å². The molecule has 1 fully saturated rings. The Kier molecular flexibility index (Phi) is 3.20. The summed E-state index contributed by atoms with van der Waals surface area (Å²) in [6.07, 6.45) is 2.42. The van der Waals surface area contributed by atoms with E-state index in [-0.39, 0.29) is 11.8 Å². The van der Waals surface area contributed by atoms with Gasteiger partial charge in [0.05, 0.1) is 11.6 Å². The predicted octanol–water partition coefficient (Wildman–Crippen LogP) is 0.210. The quantitative estimate of drug-likeness (QED) is 0.822. The number of aromatic nitrogens is 4. The summed E-state index contributed by atoms with van der Waals surface area (Å²) in [4.78, 5) is 11.9. The van der Waals surface area contributed by atoms with Crippen molar-refractivity contribution < 1.29 is 4.79 Å². The minimum Gasteiger partial charge on any atom is -0.326 e. The van der Waals surface area contributed by atoms with Crippen LogP contribution in [0.3, 0.4) is 0 Å². The Morgan fingerprint density at radius 3 is 2.84 bits per heavy atom. The number of amides is 1. The maximum atomic E-state index is 11.9. The van der Waals surface area contributed by atoms with Crippen LogP contribution >= 0.6 is 0 Å². The molecule has 0 saturated carbocycles. The van der Waals surface area contributed by atoms with Gasteiger partial charge in [-0.15, -0.1) is 5.10 Å². The van der Waals surface area contributed by atoms with Crippen LogP contribution in [0.4, 0.5) is 5.69 Å². The van der Waals surface area contributed by atoms with Gasteiger partial charge in [-0.1, -0.05) is 0 Å². The highest BCUT2D eigenvalue weighted by Crippen LogP contribution is 2.15. The maximum absolute atomic E-state index is 11.9. The van der Waals surface area contributed by atoms with Crippen molar-refractivity contribution >= 4 is 11.6 Å². The summed E-state index contributed by atoms with van der Waals surface area (Å²) < 4.78 is 1.56. The van der Waals surface area contributed by atoms with Crippen LogP contribution in [0, 0.1) is 5.92 Å². The second kappa shape index (κ2) is 5.15. The van der Waals surface area contributed by atoms with Gasteiger partial charge in [-0.25, -0.2) is 4.68 Å². The first-order chi connectivity index (χ1) is 9.33. The highest BCUT2D eigenvalue weighted by atomic mass is 16.1. The molecule has 1 aromatic heterocycles. The summed E-state index contributed by atoms with van der Waals surface area (Å²) >= 11 is 0. The molecule has 1 amide bonds. The summed E-state index contributed by atoms with van der Waals surface area (Å²) in [5, 5.41) is 17.1. The van der Waals surface area contributed by atoms with E-state index in [0.29, 0.717) is 0 Å². The van der Waals surface area contributed by atoms with Crippen LogP contribution in [0.25, 0.3) is 5.69 Å². The highest BCUT2D eigenvalue weighted by molar-refractivity contribution is 5.92. The molecule has 7 heteroatoms. The number of carbonyl (C=O) groups excluding carboxylic acids is 1. The third kappa shape index (κ3) is 2.60. The number of nitrogens with zero attached hydrogens (tertiary/aromatic N) is 4. The van der Waals surface area contributed by atoms with E-state index >= 15 is 0 Å². The number of rotatable bonds is 3. The van der Waals surface area contributed by atoms with Gasteiger partial charge in [-0.3, -0.25) is 4.79 Å². The fraction of sp³-hybridized carbons (Fsp3) is 0.333. The largest absolute Gasteiger partial charge is 0.326 e. The summed E-state index contributed by atoms with van der Waals surface area (Å²) in [6.45, 7) is 1.67. The molecule has 0 spiro atoms. The van der Waals surface area contributed by atoms with Crippen LogP contribution in [0.1, 0.15) is 6.42 Å². The first kappa shape index (κ1) is 11.8. The van der Waals surface area contributed by atoms with Crippen LogP contribution in [0.15, 0.2) is 30.6 Å². The fourth-order valence-corrected chi connectivity index (χ4v) is 2.10. The Balaban J connectivity index is 1.67. The van der Waals surface area contributed by atoms with Crippen molar-refractivity contribution in [3.05, 3.63) is 30.6 Å². The molecule has 98 valence electrons. The third-order valence-electron chi connectivity index (χ3n) is 3.18. The van der Waals surface area contributed by atoms with Crippen molar-refractivity contribution in [1.29, 1.82) is 0 Å². The monoisotopic (exact) mass is 258 g/mol. The van der Waals surface area contributed by atoms with Crippen LogP contribution in [0.5, 0.6) is 0 Å². The van der Waals surface area contributed by atoms with Gasteiger partial charge in [0.15, 0.2) is 0 Å². The van der Waals surface area contributed by atoms with E-state index in [9.17, 15) is 4.79 Å². The van der Waals surface area contributed by atoms with Crippen molar-refractivity contribution in [1.82, 2.24) is 25.5 Å². The molecule has 1 aliphatic heterocycles. The number of hydrogen-bond donors (Lipinski definition) is 2. The number of anilines is 1. The van der Waals surface area contributed by atoms with Crippen molar-refractivity contribution in [2.45, 2.75) is 6.42 Å². The van der Waals surface area contributed by atoms with Gasteiger partial charge in [0.2, 0.25) is 5.91 Å². The normalized spacial score (nSPS) is 18.4. The van der Waals surface area contributed by atoms with E-state index in [1.807, 2.05) is 24.3 Å². The van der Waals surface area contributed by atoms with E-state index < -0.39 is 0 Å². The molecule has 0 bridgehead atoms. The molecule has 2 N–H and O–H groups in total.